The summed E-state index contributed by atoms with van der Waals surface area (Å²) in [5.41, 5.74) is 6.22. The van der Waals surface area contributed by atoms with Crippen molar-refractivity contribution in [1.82, 2.24) is 10.6 Å². The first-order valence-electron chi connectivity index (χ1n) is 5.89. The number of nitrogens with two attached hydrogens (primary N) is 1. The molecule has 18 heavy (non-hydrogen) atoms. The number of hydrogen-bond donors (Lipinski definition) is 3. The van der Waals surface area contributed by atoms with E-state index in [2.05, 4.69) is 10.6 Å². The van der Waals surface area contributed by atoms with Gasteiger partial charge in [-0.15, -0.1) is 0 Å². The first-order chi connectivity index (χ1) is 8.50. The Labute approximate surface area is 107 Å². The Bertz CT molecular complexity index is 404. The van der Waals surface area contributed by atoms with E-state index < -0.39 is 6.17 Å². The van der Waals surface area contributed by atoms with E-state index in [0.717, 1.165) is 0 Å². The molecule has 5 nitrogen and oxygen atoms in total. The summed E-state index contributed by atoms with van der Waals surface area (Å²) in [4.78, 5) is 23.1. The van der Waals surface area contributed by atoms with Gasteiger partial charge in [-0.3, -0.25) is 9.59 Å². The van der Waals surface area contributed by atoms with Gasteiger partial charge in [0.25, 0.3) is 5.91 Å². The van der Waals surface area contributed by atoms with Crippen LogP contribution in [-0.2, 0) is 4.79 Å². The fraction of sp³-hybridized carbons (Fsp3) is 0.385. The highest BCUT2D eigenvalue weighted by Gasteiger charge is 2.12. The molecule has 0 aliphatic carbocycles. The van der Waals surface area contributed by atoms with E-state index >= 15 is 0 Å². The molecule has 4 N–H and O–H groups in total. The molecule has 1 aromatic rings. The van der Waals surface area contributed by atoms with Gasteiger partial charge in [-0.05, 0) is 18.1 Å². The Hall–Kier alpha value is -1.88. The van der Waals surface area contributed by atoms with Crippen LogP contribution in [0.4, 0.5) is 0 Å². The molecule has 0 saturated carbocycles. The van der Waals surface area contributed by atoms with Crippen LogP contribution in [0.3, 0.4) is 0 Å². The smallest absolute Gasteiger partial charge is 0.251 e. The molecular formula is C13H19N3O2. The van der Waals surface area contributed by atoms with Crippen molar-refractivity contribution >= 4 is 11.8 Å². The van der Waals surface area contributed by atoms with Crippen LogP contribution >= 0.6 is 0 Å². The summed E-state index contributed by atoms with van der Waals surface area (Å²) in [7, 11) is 0. The molecule has 1 rings (SSSR count). The van der Waals surface area contributed by atoms with Gasteiger partial charge in [0, 0.05) is 5.56 Å². The number of carbonyl (C=O) groups excluding carboxylic acids is 2. The number of rotatable bonds is 5. The number of benzene rings is 1. The lowest BCUT2D eigenvalue weighted by Gasteiger charge is -2.17. The zero-order valence-electron chi connectivity index (χ0n) is 10.6. The van der Waals surface area contributed by atoms with Crippen molar-refractivity contribution in [2.24, 2.45) is 11.7 Å². The second kappa shape index (κ2) is 6.76. The van der Waals surface area contributed by atoms with Gasteiger partial charge in [-0.1, -0.05) is 32.0 Å². The molecule has 5 heteroatoms. The van der Waals surface area contributed by atoms with Crippen LogP contribution in [0.5, 0.6) is 0 Å². The highest BCUT2D eigenvalue weighted by atomic mass is 16.2. The minimum atomic E-state index is -0.397. The normalized spacial score (nSPS) is 12.0. The molecule has 1 atom stereocenters. The van der Waals surface area contributed by atoms with Gasteiger partial charge >= 0.3 is 0 Å². The summed E-state index contributed by atoms with van der Waals surface area (Å²) in [5, 5.41) is 5.15. The Morgan fingerprint density at radius 3 is 2.39 bits per heavy atom. The molecule has 0 aromatic heterocycles. The highest BCUT2D eigenvalue weighted by Crippen LogP contribution is 1.97. The lowest BCUT2D eigenvalue weighted by Crippen LogP contribution is -2.48. The van der Waals surface area contributed by atoms with Gasteiger partial charge in [0.15, 0.2) is 0 Å². The average molecular weight is 249 g/mol. The van der Waals surface area contributed by atoms with E-state index in [-0.39, 0.29) is 24.3 Å². The molecule has 0 saturated heterocycles. The quantitative estimate of drug-likeness (QED) is 0.663. The van der Waals surface area contributed by atoms with E-state index in [1.54, 1.807) is 24.3 Å². The minimum absolute atomic E-state index is 0.0753. The molecule has 1 unspecified atom stereocenters. The summed E-state index contributed by atoms with van der Waals surface area (Å²) in [6.45, 7) is 3.75. The van der Waals surface area contributed by atoms with Crippen LogP contribution < -0.4 is 16.4 Å². The summed E-state index contributed by atoms with van der Waals surface area (Å²) in [6.07, 6.45) is -0.397. The maximum absolute atomic E-state index is 11.6. The van der Waals surface area contributed by atoms with Crippen molar-refractivity contribution in [2.45, 2.75) is 20.0 Å². The third-order valence-electron chi connectivity index (χ3n) is 2.49. The highest BCUT2D eigenvalue weighted by molar-refractivity contribution is 5.96. The van der Waals surface area contributed by atoms with Crippen molar-refractivity contribution in [1.29, 1.82) is 0 Å². The predicted molar refractivity (Wildman–Crippen MR) is 69.7 cm³/mol. The van der Waals surface area contributed by atoms with Crippen LogP contribution in [0.25, 0.3) is 0 Å². The second-order valence-electron chi connectivity index (χ2n) is 4.39. The third kappa shape index (κ3) is 4.55. The van der Waals surface area contributed by atoms with Crippen molar-refractivity contribution in [2.75, 3.05) is 6.54 Å². The molecule has 98 valence electrons. The van der Waals surface area contributed by atoms with Crippen LogP contribution in [0, 0.1) is 5.92 Å². The molecule has 0 spiro atoms. The molecule has 0 aliphatic heterocycles. The minimum Gasteiger partial charge on any atom is -0.343 e. The van der Waals surface area contributed by atoms with Crippen LogP contribution in [0.1, 0.15) is 24.2 Å². The summed E-state index contributed by atoms with van der Waals surface area (Å²) < 4.78 is 0. The zero-order valence-corrected chi connectivity index (χ0v) is 10.6. The van der Waals surface area contributed by atoms with Crippen LogP contribution in [0.2, 0.25) is 0 Å². The first-order valence-corrected chi connectivity index (χ1v) is 5.89. The van der Waals surface area contributed by atoms with Crippen molar-refractivity contribution in [3.63, 3.8) is 0 Å². The predicted octanol–water partition coefficient (Wildman–Crippen LogP) is 0.473. The Morgan fingerprint density at radius 2 is 1.83 bits per heavy atom. The van der Waals surface area contributed by atoms with Crippen molar-refractivity contribution in [3.8, 4) is 0 Å². The largest absolute Gasteiger partial charge is 0.343 e. The van der Waals surface area contributed by atoms with Gasteiger partial charge in [0.05, 0.1) is 12.7 Å². The number of hydrogen-bond acceptors (Lipinski definition) is 3. The number of carbonyl (C=O) groups is 2. The average Bonchev–Trinajstić information content (AvgIpc) is 2.36. The Kier molecular flexibility index (Phi) is 5.32. The maximum atomic E-state index is 11.6. The maximum Gasteiger partial charge on any atom is 0.251 e. The van der Waals surface area contributed by atoms with E-state index in [9.17, 15) is 9.59 Å². The van der Waals surface area contributed by atoms with E-state index in [1.807, 2.05) is 19.9 Å². The number of amides is 2. The monoisotopic (exact) mass is 249 g/mol. The number of nitrogens with one attached hydrogen (secondary N) is 2. The van der Waals surface area contributed by atoms with Gasteiger partial charge in [0.1, 0.15) is 0 Å². The van der Waals surface area contributed by atoms with E-state index in [4.69, 9.17) is 5.73 Å². The summed E-state index contributed by atoms with van der Waals surface area (Å²) >= 11 is 0. The lowest BCUT2D eigenvalue weighted by molar-refractivity contribution is -0.121. The van der Waals surface area contributed by atoms with E-state index in [1.165, 1.54) is 0 Å². The van der Waals surface area contributed by atoms with Crippen LogP contribution in [-0.4, -0.2) is 24.5 Å². The Balaban J connectivity index is 2.37. The standard InChI is InChI=1S/C13H19N3O2/c1-9(2)12(14)16-11(17)8-15-13(18)10-6-4-3-5-7-10/h3-7,9,12H,8,14H2,1-2H3,(H,15,18)(H,16,17). The fourth-order valence-electron chi connectivity index (χ4n) is 1.26. The molecule has 0 heterocycles. The van der Waals surface area contributed by atoms with Crippen molar-refractivity contribution < 1.29 is 9.59 Å². The zero-order chi connectivity index (χ0) is 13.5. The molecule has 0 radical (unpaired) electrons. The topological polar surface area (TPSA) is 84.2 Å². The first kappa shape index (κ1) is 14.2. The van der Waals surface area contributed by atoms with E-state index in [0.29, 0.717) is 5.56 Å². The van der Waals surface area contributed by atoms with Gasteiger partial charge in [0.2, 0.25) is 5.91 Å². The Morgan fingerprint density at radius 1 is 1.22 bits per heavy atom. The molecular weight excluding hydrogens is 230 g/mol. The van der Waals surface area contributed by atoms with Crippen LogP contribution in [0.15, 0.2) is 30.3 Å². The van der Waals surface area contributed by atoms with Crippen molar-refractivity contribution in [3.05, 3.63) is 35.9 Å². The second-order valence-corrected chi connectivity index (χ2v) is 4.39. The van der Waals surface area contributed by atoms with Gasteiger partial charge < -0.3 is 16.4 Å². The third-order valence-corrected chi connectivity index (χ3v) is 2.49. The molecule has 0 fully saturated rings. The molecule has 1 aromatic carbocycles. The molecule has 2 amide bonds. The molecule has 0 bridgehead atoms. The summed E-state index contributed by atoms with van der Waals surface area (Å²) in [5.74, 6) is -0.414. The van der Waals surface area contributed by atoms with Gasteiger partial charge in [-0.2, -0.15) is 0 Å². The lowest BCUT2D eigenvalue weighted by atomic mass is 10.1. The fourth-order valence-corrected chi connectivity index (χ4v) is 1.26. The molecule has 0 aliphatic rings. The SMILES string of the molecule is CC(C)C(N)NC(=O)CNC(=O)c1ccccc1. The van der Waals surface area contributed by atoms with Gasteiger partial charge in [-0.25, -0.2) is 0 Å². The summed E-state index contributed by atoms with van der Waals surface area (Å²) in [6, 6.07) is 8.73.